The van der Waals surface area contributed by atoms with E-state index in [2.05, 4.69) is 242 Å². The van der Waals surface area contributed by atoms with Gasteiger partial charge in [-0.25, -0.2) is 19.9 Å². The SMILES string of the molecule is CCCCCCCCCCCC1c2cc3c4cc2Oc2cc5nc(-c6ccccc6)[nH]c5cc2Oc2cc5c(cc21)C(CCCCCCCCCCC)c1cc2c(cc1Oc1cc6[nH]c(-c7ccccc7)nc6cc1O5)Oc1cc5nc(-c6ccccc6)[nH]c5cc1Oc1cc(c(cc1C2CCCCCCCCCCC)C3CCCCCCCCCCC)Oc1cc2[nH]c(-c3ccccc3)nc2cc1O4. The van der Waals surface area contributed by atoms with Crippen LogP contribution in [0.3, 0.4) is 0 Å². The smallest absolute Gasteiger partial charge is 0.172 e. The second-order valence-electron chi connectivity index (χ2n) is 40.3. The van der Waals surface area contributed by atoms with Gasteiger partial charge >= 0.3 is 0 Å². The molecule has 21 rings (SSSR count). The lowest BCUT2D eigenvalue weighted by atomic mass is 9.76. The number of hydrogen-bond donors (Lipinski definition) is 4. The van der Waals surface area contributed by atoms with Crippen molar-refractivity contribution in [2.75, 3.05) is 0 Å². The highest BCUT2D eigenvalue weighted by Crippen LogP contribution is 2.61. The molecule has 5 aliphatic rings. The number of hydrogen-bond acceptors (Lipinski definition) is 12. The first-order valence-electron chi connectivity index (χ1n) is 53.7. The van der Waals surface area contributed by atoms with E-state index in [4.69, 9.17) is 57.8 Å². The molecule has 4 aliphatic heterocycles. The van der Waals surface area contributed by atoms with E-state index in [-0.39, 0.29) is 23.7 Å². The molecule has 4 aromatic heterocycles. The minimum atomic E-state index is -0.335. The summed E-state index contributed by atoms with van der Waals surface area (Å²) in [4.78, 5) is 36.6. The largest absolute Gasteiger partial charge is 0.453 e. The van der Waals surface area contributed by atoms with Crippen LogP contribution in [0.4, 0.5) is 0 Å². The molecule has 4 atom stereocenters. The number of aromatic amines is 4. The second-order valence-corrected chi connectivity index (χ2v) is 40.3. The third kappa shape index (κ3) is 20.9. The monoisotopic (exact) mass is 1870 g/mol. The number of fused-ring (bicyclic) bond motifs is 8. The number of benzene rings is 12. The van der Waals surface area contributed by atoms with Gasteiger partial charge in [0.05, 0.1) is 44.1 Å². The second kappa shape index (κ2) is 44.2. The Hall–Kier alpha value is -13.1. The molecular weight excluding hydrogens is 1730 g/mol. The lowest BCUT2D eigenvalue weighted by Gasteiger charge is -2.30. The summed E-state index contributed by atoms with van der Waals surface area (Å²) in [5.41, 5.74) is 18.3. The molecule has 0 fully saturated rings. The lowest BCUT2D eigenvalue weighted by molar-refractivity contribution is 0.401. The van der Waals surface area contributed by atoms with E-state index in [1.807, 2.05) is 24.3 Å². The Kier molecular flexibility index (Phi) is 29.4. The summed E-state index contributed by atoms with van der Waals surface area (Å²) in [6.07, 6.45) is 45.4. The van der Waals surface area contributed by atoms with Gasteiger partial charge in [-0.15, -0.1) is 0 Å². The van der Waals surface area contributed by atoms with E-state index in [1.165, 1.54) is 154 Å². The maximum atomic E-state index is 8.04. The summed E-state index contributed by atoms with van der Waals surface area (Å²) in [6, 6.07) is 77.1. The Morgan fingerprint density at radius 1 is 0.179 bits per heavy atom. The van der Waals surface area contributed by atoms with Gasteiger partial charge in [0.25, 0.3) is 0 Å². The molecule has 140 heavy (non-hydrogen) atoms. The highest BCUT2D eigenvalue weighted by atomic mass is 16.5. The van der Waals surface area contributed by atoms with Crippen LogP contribution in [0.1, 0.15) is 353 Å². The number of H-pyrrole nitrogens is 4. The molecule has 0 amide bonds. The van der Waals surface area contributed by atoms with Crippen molar-refractivity contribution in [3.63, 3.8) is 0 Å². The van der Waals surface area contributed by atoms with Gasteiger partial charge in [0.1, 0.15) is 69.3 Å². The van der Waals surface area contributed by atoms with Crippen molar-refractivity contribution in [3.8, 4) is 138 Å². The molecule has 16 heteroatoms. The van der Waals surface area contributed by atoms with Gasteiger partial charge in [-0.1, -0.05) is 380 Å². The number of nitrogens with one attached hydrogen (secondary N) is 4. The summed E-state index contributed by atoms with van der Waals surface area (Å²) in [6.45, 7) is 9.24. The fourth-order valence-electron chi connectivity index (χ4n) is 22.4. The van der Waals surface area contributed by atoms with Crippen molar-refractivity contribution in [2.45, 2.75) is 308 Å². The predicted molar refractivity (Wildman–Crippen MR) is 567 cm³/mol. The van der Waals surface area contributed by atoms with Crippen molar-refractivity contribution < 1.29 is 37.9 Å². The molecule has 0 saturated heterocycles. The summed E-state index contributed by atoms with van der Waals surface area (Å²) in [5, 5.41) is 0. The third-order valence-electron chi connectivity index (χ3n) is 30.1. The topological polar surface area (TPSA) is 189 Å². The van der Waals surface area contributed by atoms with Crippen molar-refractivity contribution in [3.05, 3.63) is 263 Å². The van der Waals surface area contributed by atoms with Crippen LogP contribution in [0.5, 0.6) is 92.0 Å². The van der Waals surface area contributed by atoms with E-state index in [9.17, 15) is 0 Å². The highest BCUT2D eigenvalue weighted by molar-refractivity contribution is 5.88. The first kappa shape index (κ1) is 93.2. The van der Waals surface area contributed by atoms with Crippen molar-refractivity contribution >= 4 is 44.1 Å². The average Bonchev–Trinajstić information content (AvgIpc) is 1.40. The number of imidazole rings is 4. The number of unbranched alkanes of at least 4 members (excludes halogenated alkanes) is 32. The molecule has 4 N–H and O–H groups in total. The summed E-state index contributed by atoms with van der Waals surface area (Å²) < 4.78 is 64.3. The minimum Gasteiger partial charge on any atom is -0.453 e. The van der Waals surface area contributed by atoms with E-state index in [0.717, 1.165) is 237 Å². The Morgan fingerprint density at radius 3 is 0.521 bits per heavy atom. The van der Waals surface area contributed by atoms with Crippen LogP contribution < -0.4 is 37.9 Å². The number of nitrogens with zero attached hydrogens (tertiary/aromatic N) is 4. The zero-order chi connectivity index (χ0) is 94.5. The first-order valence-corrected chi connectivity index (χ1v) is 53.7. The van der Waals surface area contributed by atoms with Crippen LogP contribution in [0.15, 0.2) is 218 Å². The van der Waals surface area contributed by atoms with Crippen LogP contribution in [-0.4, -0.2) is 39.9 Å². The van der Waals surface area contributed by atoms with Gasteiger partial charge in [0.15, 0.2) is 46.0 Å². The van der Waals surface area contributed by atoms with Gasteiger partial charge < -0.3 is 57.8 Å². The highest BCUT2D eigenvalue weighted by Gasteiger charge is 2.40. The molecule has 12 aromatic carbocycles. The molecule has 1 aliphatic carbocycles. The Bertz CT molecular complexity index is 5860. The van der Waals surface area contributed by atoms with Crippen LogP contribution >= 0.6 is 0 Å². The summed E-state index contributed by atoms with van der Waals surface area (Å²) >= 11 is 0. The molecule has 720 valence electrons. The van der Waals surface area contributed by atoms with E-state index < -0.39 is 0 Å². The first-order chi connectivity index (χ1) is 69.2. The molecule has 4 unspecified atom stereocenters. The van der Waals surface area contributed by atoms with Gasteiger partial charge in [-0.2, -0.15) is 0 Å². The molecule has 0 saturated carbocycles. The normalized spacial score (nSPS) is 15.2. The molecular formula is C124H136N8O8. The minimum absolute atomic E-state index is 0.333. The molecule has 0 spiro atoms. The standard InChI is InChI=1S/C124H136N8O8/c1-5-9-13-17-21-25-29-33-49-61-85-89-65-91-86(62-50-34-30-26-22-18-14-10-6-2)93-67-95-88(64-52-36-32-28-24-20-16-12-8-4)96-68-94-87(63-51-35-31-27-23-19-15-11-7-3)92-66-90(85)106-78-108(92)136-116-72-100-102(130-123(128-100)83-57-45-39-46-58-83)74-118(116)138-110(94)80-112(96)140-120-76-104-103(131-124(132-104)84-59-47-40-48-60-84)75-119(120)139-111(95)79-109(93)137-117-73-101-99(127-122(129-101)82-55-43-38-44-56-82)71-115(117)135-107(91)77-105(89)133-113-69-97-98(70-114(113)134-106)126-121(125-97)81-53-41-37-42-54-81/h37-48,53-60,65-80,85-88H,5-36,49-52,61-64H2,1-4H3,(H,125,126)(H,127,129)(H,128,130)(H,131,132). The van der Waals surface area contributed by atoms with Crippen LogP contribution in [0.25, 0.3) is 89.7 Å². The fraction of sp³-hybridized carbons (Fsp3) is 0.387. The third-order valence-corrected chi connectivity index (χ3v) is 30.1. The van der Waals surface area contributed by atoms with Gasteiger partial charge in [-0.3, -0.25) is 0 Å². The van der Waals surface area contributed by atoms with Gasteiger partial charge in [0, 0.05) is 163 Å². The molecule has 16 aromatic rings. The van der Waals surface area contributed by atoms with Crippen LogP contribution in [-0.2, 0) is 0 Å². The number of ether oxygens (including phenoxy) is 8. The molecule has 16 nitrogen and oxygen atoms in total. The molecule has 8 bridgehead atoms. The Balaban J connectivity index is 0.862. The Labute approximate surface area is 825 Å². The maximum Gasteiger partial charge on any atom is 0.172 e. The number of aromatic nitrogens is 8. The molecule has 8 heterocycles. The Morgan fingerprint density at radius 2 is 0.343 bits per heavy atom. The molecule has 0 radical (unpaired) electrons. The van der Waals surface area contributed by atoms with E-state index >= 15 is 0 Å². The lowest BCUT2D eigenvalue weighted by Crippen LogP contribution is -2.13. The summed E-state index contributed by atoms with van der Waals surface area (Å²) in [7, 11) is 0. The number of rotatable bonds is 44. The summed E-state index contributed by atoms with van der Waals surface area (Å²) in [5.74, 6) is 11.0. The van der Waals surface area contributed by atoms with Gasteiger partial charge in [0.2, 0.25) is 0 Å². The zero-order valence-corrected chi connectivity index (χ0v) is 82.4. The fourth-order valence-corrected chi connectivity index (χ4v) is 22.4. The average molecular weight is 1870 g/mol. The predicted octanol–water partition coefficient (Wildman–Crippen LogP) is 38.0. The quantitative estimate of drug-likeness (QED) is 0.0265. The van der Waals surface area contributed by atoms with Gasteiger partial charge in [-0.05, 0) is 49.9 Å². The zero-order valence-electron chi connectivity index (χ0n) is 82.4. The van der Waals surface area contributed by atoms with Crippen molar-refractivity contribution in [2.24, 2.45) is 0 Å². The van der Waals surface area contributed by atoms with E-state index in [0.29, 0.717) is 92.0 Å². The van der Waals surface area contributed by atoms with Crippen LogP contribution in [0, 0.1) is 0 Å². The van der Waals surface area contributed by atoms with Crippen molar-refractivity contribution in [1.29, 1.82) is 0 Å². The van der Waals surface area contributed by atoms with Crippen LogP contribution in [0.2, 0.25) is 0 Å². The van der Waals surface area contributed by atoms with Crippen molar-refractivity contribution in [1.82, 2.24) is 39.9 Å². The van der Waals surface area contributed by atoms with E-state index in [1.54, 1.807) is 0 Å². The maximum absolute atomic E-state index is 8.04.